The van der Waals surface area contributed by atoms with Crippen LogP contribution in [0.5, 0.6) is 11.5 Å². The maximum atomic E-state index is 10.8. The summed E-state index contributed by atoms with van der Waals surface area (Å²) in [5.41, 5.74) is 1.86. The molecule has 11 heteroatoms. The highest BCUT2D eigenvalue weighted by atomic mass is 31.2. The van der Waals surface area contributed by atoms with E-state index < -0.39 is 19.4 Å². The number of hydrogen-bond acceptors (Lipinski definition) is 5. The molecule has 0 spiro atoms. The number of carboxylic acids is 2. The van der Waals surface area contributed by atoms with Crippen molar-refractivity contribution in [1.82, 2.24) is 14.0 Å². The van der Waals surface area contributed by atoms with E-state index in [1.165, 1.54) is 0 Å². The van der Waals surface area contributed by atoms with Crippen LogP contribution in [0.1, 0.15) is 24.0 Å². The molecule has 10 nitrogen and oxygen atoms in total. The summed E-state index contributed by atoms with van der Waals surface area (Å²) in [5.74, 6) is -0.418. The van der Waals surface area contributed by atoms with Gasteiger partial charge in [-0.05, 0) is 83.5 Å². The second-order valence-electron chi connectivity index (χ2n) is 8.41. The summed E-state index contributed by atoms with van der Waals surface area (Å²) >= 11 is 0. The maximum Gasteiger partial charge on any atom is 0.303 e. The average molecular weight is 507 g/mol. The molecule has 0 saturated heterocycles. The van der Waals surface area contributed by atoms with Crippen LogP contribution in [0.3, 0.4) is 0 Å². The summed E-state index contributed by atoms with van der Waals surface area (Å²) in [4.78, 5) is 32.0. The summed E-state index contributed by atoms with van der Waals surface area (Å²) in [5, 5.41) is 17.7. The number of aryl methyl sites for hydroxylation is 2. The van der Waals surface area contributed by atoms with Gasteiger partial charge in [-0.3, -0.25) is 9.59 Å². The van der Waals surface area contributed by atoms with Crippen LogP contribution in [0, 0.1) is 0 Å². The zero-order valence-corrected chi connectivity index (χ0v) is 21.8. The standard InChI is InChI=1S/C24H35N4O6P/c1-26(2)35(27(3)4,25-34-22-14-8-20(9-15-22)11-17-24(31)32)28(5)18-33-21-12-6-19(7-13-21)10-16-23(29)30/h6-9,12-15H,10-11,16-18H2,1-5H3,(H,29,30)(H,31,32). The summed E-state index contributed by atoms with van der Waals surface area (Å²) < 4.78 is 12.0. The lowest BCUT2D eigenvalue weighted by Gasteiger charge is -2.40. The Kier molecular flexibility index (Phi) is 10.7. The fourth-order valence-electron chi connectivity index (χ4n) is 3.50. The van der Waals surface area contributed by atoms with Crippen LogP contribution in [0.4, 0.5) is 0 Å². The molecular formula is C24H35N4O6P. The summed E-state index contributed by atoms with van der Waals surface area (Å²) in [7, 11) is 7.18. The molecule has 0 aromatic heterocycles. The average Bonchev–Trinajstić information content (AvgIpc) is 2.81. The van der Waals surface area contributed by atoms with Gasteiger partial charge >= 0.3 is 11.9 Å². The van der Waals surface area contributed by atoms with E-state index in [0.717, 1.165) is 11.1 Å². The second-order valence-corrected chi connectivity index (χ2v) is 11.9. The molecule has 0 amide bonds. The first kappa shape index (κ1) is 28.3. The number of benzene rings is 2. The van der Waals surface area contributed by atoms with E-state index in [9.17, 15) is 9.59 Å². The molecule has 0 aliphatic heterocycles. The number of carboxylic acid groups (broad SMARTS) is 2. The van der Waals surface area contributed by atoms with Gasteiger partial charge in [0.2, 0.25) is 7.51 Å². The first-order valence-electron chi connectivity index (χ1n) is 11.1. The summed E-state index contributed by atoms with van der Waals surface area (Å²) in [6.07, 6.45) is 1.10. The van der Waals surface area contributed by atoms with Gasteiger partial charge in [0, 0.05) is 12.8 Å². The number of nitrogens with zero attached hydrogens (tertiary/aromatic N) is 4. The van der Waals surface area contributed by atoms with Gasteiger partial charge in [0.25, 0.3) is 0 Å². The van der Waals surface area contributed by atoms with Crippen molar-refractivity contribution < 1.29 is 29.4 Å². The van der Waals surface area contributed by atoms with E-state index in [2.05, 4.69) is 4.91 Å². The molecule has 35 heavy (non-hydrogen) atoms. The molecule has 2 N–H and O–H groups in total. The van der Waals surface area contributed by atoms with E-state index in [0.29, 0.717) is 24.3 Å². The quantitative estimate of drug-likeness (QED) is 0.222. The van der Waals surface area contributed by atoms with Crippen LogP contribution in [0.25, 0.3) is 0 Å². The van der Waals surface area contributed by atoms with Crippen LogP contribution in [-0.2, 0) is 22.4 Å². The molecule has 2 aromatic rings. The van der Waals surface area contributed by atoms with Gasteiger partial charge in [-0.25, -0.2) is 14.0 Å². The first-order chi connectivity index (χ1) is 16.5. The molecule has 0 aliphatic carbocycles. The normalized spacial score (nSPS) is 11.7. The Balaban J connectivity index is 2.12. The minimum atomic E-state index is -2.47. The van der Waals surface area contributed by atoms with Gasteiger partial charge < -0.3 is 19.8 Å². The van der Waals surface area contributed by atoms with Crippen molar-refractivity contribution in [2.75, 3.05) is 42.0 Å². The number of rotatable bonds is 14. The minimum Gasteiger partial charge on any atom is -0.481 e. The molecule has 0 unspecified atom stereocenters. The monoisotopic (exact) mass is 506 g/mol. The maximum absolute atomic E-state index is 10.8. The van der Waals surface area contributed by atoms with E-state index in [1.54, 1.807) is 12.1 Å². The Morgan fingerprint density at radius 3 is 1.60 bits per heavy atom. The highest BCUT2D eigenvalue weighted by Gasteiger charge is 2.33. The van der Waals surface area contributed by atoms with Crippen LogP contribution >= 0.6 is 7.51 Å². The van der Waals surface area contributed by atoms with Gasteiger partial charge in [-0.1, -0.05) is 29.2 Å². The van der Waals surface area contributed by atoms with Crippen LogP contribution in [0.15, 0.2) is 53.4 Å². The van der Waals surface area contributed by atoms with Crippen molar-refractivity contribution in [3.63, 3.8) is 0 Å². The van der Waals surface area contributed by atoms with E-state index in [-0.39, 0.29) is 19.6 Å². The number of hydrogen-bond donors (Lipinski definition) is 2. The van der Waals surface area contributed by atoms with Gasteiger partial charge in [0.1, 0.15) is 12.5 Å². The number of ether oxygens (including phenoxy) is 1. The number of carbonyl (C=O) groups is 2. The predicted octanol–water partition coefficient (Wildman–Crippen LogP) is 4.05. The Labute approximate surface area is 206 Å². The van der Waals surface area contributed by atoms with E-state index >= 15 is 0 Å². The number of aliphatic carboxylic acids is 2. The highest BCUT2D eigenvalue weighted by molar-refractivity contribution is 7.58. The largest absolute Gasteiger partial charge is 0.481 e. The third-order valence-corrected chi connectivity index (χ3v) is 8.79. The lowest BCUT2D eigenvalue weighted by molar-refractivity contribution is -0.138. The fourth-order valence-corrected chi connectivity index (χ4v) is 6.27. The van der Waals surface area contributed by atoms with Crippen molar-refractivity contribution in [2.45, 2.75) is 25.7 Å². The van der Waals surface area contributed by atoms with Crippen molar-refractivity contribution in [3.8, 4) is 11.5 Å². The topological polar surface area (TPSA) is 115 Å². The Morgan fingerprint density at radius 1 is 0.771 bits per heavy atom. The Hall–Kier alpha value is -2.91. The molecule has 192 valence electrons. The van der Waals surface area contributed by atoms with Crippen molar-refractivity contribution in [1.29, 1.82) is 0 Å². The SMILES string of the molecule is CN(C)P(=NOc1ccc(CCC(=O)O)cc1)(N(C)C)N(C)COc1ccc(CCC(=O)O)cc1. The van der Waals surface area contributed by atoms with Crippen molar-refractivity contribution in [2.24, 2.45) is 4.91 Å². The lowest BCUT2D eigenvalue weighted by Crippen LogP contribution is -2.35. The van der Waals surface area contributed by atoms with E-state index in [4.69, 9.17) is 19.8 Å². The molecule has 0 atom stereocenters. The van der Waals surface area contributed by atoms with Crippen molar-refractivity contribution in [3.05, 3.63) is 59.7 Å². The summed E-state index contributed by atoms with van der Waals surface area (Å²) in [6.45, 7) is 0.250. The molecule has 2 rings (SSSR count). The Morgan fingerprint density at radius 2 is 1.20 bits per heavy atom. The zero-order chi connectivity index (χ0) is 26.0. The molecular weight excluding hydrogens is 471 g/mol. The molecule has 0 fully saturated rings. The van der Waals surface area contributed by atoms with Crippen molar-refractivity contribution >= 4 is 19.4 Å². The molecule has 0 heterocycles. The van der Waals surface area contributed by atoms with Gasteiger partial charge in [-0.15, -0.1) is 0 Å². The van der Waals surface area contributed by atoms with Crippen LogP contribution < -0.4 is 9.57 Å². The zero-order valence-electron chi connectivity index (χ0n) is 20.9. The van der Waals surface area contributed by atoms with Gasteiger partial charge in [0.15, 0.2) is 5.75 Å². The molecule has 0 aliphatic rings. The van der Waals surface area contributed by atoms with Crippen LogP contribution in [0.2, 0.25) is 0 Å². The minimum absolute atomic E-state index is 0.0797. The summed E-state index contributed by atoms with van der Waals surface area (Å²) in [6, 6.07) is 14.6. The molecule has 0 radical (unpaired) electrons. The lowest BCUT2D eigenvalue weighted by atomic mass is 10.1. The molecule has 0 saturated carbocycles. The highest BCUT2D eigenvalue weighted by Crippen LogP contribution is 2.55. The predicted molar refractivity (Wildman–Crippen MR) is 135 cm³/mol. The molecule has 2 aromatic carbocycles. The first-order valence-corrected chi connectivity index (χ1v) is 12.7. The van der Waals surface area contributed by atoms with Gasteiger partial charge in [-0.2, -0.15) is 0 Å². The Bertz CT molecular complexity index is 1010. The third kappa shape index (κ3) is 8.36. The van der Waals surface area contributed by atoms with E-state index in [1.807, 2.05) is 85.6 Å². The second kappa shape index (κ2) is 13.3. The third-order valence-electron chi connectivity index (χ3n) is 5.31. The fraction of sp³-hybridized carbons (Fsp3) is 0.417. The smallest absolute Gasteiger partial charge is 0.303 e. The molecule has 0 bridgehead atoms. The van der Waals surface area contributed by atoms with Gasteiger partial charge in [0.05, 0.1) is 0 Å². The van der Waals surface area contributed by atoms with Crippen LogP contribution in [-0.4, -0.2) is 78.1 Å².